The van der Waals surface area contributed by atoms with Crippen LogP contribution < -0.4 is 0 Å². The molecule has 1 aromatic heterocycles. The summed E-state index contributed by atoms with van der Waals surface area (Å²) in [7, 11) is -3.63. The van der Waals surface area contributed by atoms with Crippen molar-refractivity contribution in [3.8, 4) is 0 Å². The smallest absolute Gasteiger partial charge is 0.267 e. The highest BCUT2D eigenvalue weighted by Gasteiger charge is 2.30. The van der Waals surface area contributed by atoms with E-state index in [4.69, 9.17) is 4.84 Å². The van der Waals surface area contributed by atoms with Gasteiger partial charge in [-0.3, -0.25) is 9.82 Å². The fraction of sp³-hybridized carbons (Fsp3) is 0.308. The molecule has 19 heavy (non-hydrogen) atoms. The number of nitrogens with zero attached hydrogens (tertiary/aromatic N) is 2. The van der Waals surface area contributed by atoms with E-state index in [9.17, 15) is 8.42 Å². The molecule has 0 saturated carbocycles. The first-order chi connectivity index (χ1) is 9.09. The number of aryl methyl sites for hydroxylation is 1. The van der Waals surface area contributed by atoms with Gasteiger partial charge in [0.15, 0.2) is 0 Å². The van der Waals surface area contributed by atoms with Gasteiger partial charge in [-0.25, -0.2) is 8.42 Å². The fourth-order valence-electron chi connectivity index (χ4n) is 2.17. The number of aromatic nitrogens is 1. The maximum Gasteiger partial charge on any atom is 0.267 e. The molecule has 0 spiro atoms. The van der Waals surface area contributed by atoms with E-state index in [1.54, 1.807) is 18.3 Å². The minimum absolute atomic E-state index is 0.201. The van der Waals surface area contributed by atoms with Crippen molar-refractivity contribution in [2.75, 3.05) is 13.2 Å². The largest absolute Gasteiger partial charge is 0.284 e. The summed E-state index contributed by atoms with van der Waals surface area (Å²) >= 11 is 0. The van der Waals surface area contributed by atoms with Crippen LogP contribution in [0, 0.1) is 6.92 Å². The Morgan fingerprint density at radius 2 is 2.21 bits per heavy atom. The second-order valence-electron chi connectivity index (χ2n) is 4.56. The first kappa shape index (κ1) is 12.5. The standard InChI is InChI=1S/C13H14N2O3S/c1-10-8-11-4-2-5-12(13(11)14-9-10)19(16,17)15-6-3-7-18-15/h2,4-5,8-9H,3,6-7H2,1H3. The summed E-state index contributed by atoms with van der Waals surface area (Å²) in [4.78, 5) is 9.62. The molecule has 5 nitrogen and oxygen atoms in total. The van der Waals surface area contributed by atoms with Gasteiger partial charge in [0.05, 0.1) is 12.1 Å². The van der Waals surface area contributed by atoms with Crippen molar-refractivity contribution >= 4 is 20.9 Å². The van der Waals surface area contributed by atoms with Crippen LogP contribution in [0.4, 0.5) is 0 Å². The third-order valence-corrected chi connectivity index (χ3v) is 4.79. The van der Waals surface area contributed by atoms with E-state index in [0.717, 1.165) is 21.8 Å². The lowest BCUT2D eigenvalue weighted by atomic mass is 10.2. The molecule has 0 amide bonds. The van der Waals surface area contributed by atoms with Gasteiger partial charge in [0.2, 0.25) is 0 Å². The highest BCUT2D eigenvalue weighted by Crippen LogP contribution is 2.26. The maximum atomic E-state index is 12.5. The Labute approximate surface area is 111 Å². The summed E-state index contributed by atoms with van der Waals surface area (Å²) in [6.45, 7) is 2.76. The normalized spacial score (nSPS) is 17.1. The molecule has 3 rings (SSSR count). The van der Waals surface area contributed by atoms with E-state index in [2.05, 4.69) is 4.98 Å². The highest BCUT2D eigenvalue weighted by molar-refractivity contribution is 7.89. The van der Waals surface area contributed by atoms with Crippen molar-refractivity contribution in [1.29, 1.82) is 0 Å². The lowest BCUT2D eigenvalue weighted by molar-refractivity contribution is -0.0283. The van der Waals surface area contributed by atoms with Crippen LogP contribution in [0.25, 0.3) is 10.9 Å². The number of para-hydroxylation sites is 1. The van der Waals surface area contributed by atoms with Gasteiger partial charge in [-0.05, 0) is 31.0 Å². The molecule has 1 aliphatic heterocycles. The highest BCUT2D eigenvalue weighted by atomic mass is 32.2. The van der Waals surface area contributed by atoms with E-state index in [1.165, 1.54) is 0 Å². The maximum absolute atomic E-state index is 12.5. The van der Waals surface area contributed by atoms with Gasteiger partial charge in [-0.2, -0.15) is 0 Å². The number of fused-ring (bicyclic) bond motifs is 1. The third-order valence-electron chi connectivity index (χ3n) is 3.08. The van der Waals surface area contributed by atoms with Crippen LogP contribution in [0.2, 0.25) is 0 Å². The number of pyridine rings is 1. The second kappa shape index (κ2) is 4.56. The predicted octanol–water partition coefficient (Wildman–Crippen LogP) is 1.87. The molecule has 0 atom stereocenters. The molecule has 1 saturated heterocycles. The molecule has 0 N–H and O–H groups in total. The van der Waals surface area contributed by atoms with Crippen LogP contribution in [0.5, 0.6) is 0 Å². The summed E-state index contributed by atoms with van der Waals surface area (Å²) in [6, 6.07) is 7.08. The number of hydrogen-bond donors (Lipinski definition) is 0. The third kappa shape index (κ3) is 2.11. The molecule has 0 unspecified atom stereocenters. The molecular weight excluding hydrogens is 264 g/mol. The number of benzene rings is 1. The Balaban J connectivity index is 2.19. The number of hydroxylamine groups is 1. The molecule has 100 valence electrons. The molecule has 1 aromatic carbocycles. The Morgan fingerprint density at radius 1 is 1.37 bits per heavy atom. The fourth-order valence-corrected chi connectivity index (χ4v) is 3.64. The second-order valence-corrected chi connectivity index (χ2v) is 6.36. The minimum Gasteiger partial charge on any atom is -0.284 e. The van der Waals surface area contributed by atoms with Crippen molar-refractivity contribution < 1.29 is 13.3 Å². The van der Waals surface area contributed by atoms with Gasteiger partial charge in [-0.1, -0.05) is 16.6 Å². The molecule has 0 aliphatic carbocycles. The van der Waals surface area contributed by atoms with Crippen LogP contribution >= 0.6 is 0 Å². The van der Waals surface area contributed by atoms with Crippen molar-refractivity contribution in [2.24, 2.45) is 0 Å². The van der Waals surface area contributed by atoms with Gasteiger partial charge in [0, 0.05) is 18.1 Å². The lowest BCUT2D eigenvalue weighted by Gasteiger charge is -2.15. The van der Waals surface area contributed by atoms with Gasteiger partial charge < -0.3 is 0 Å². The van der Waals surface area contributed by atoms with E-state index in [-0.39, 0.29) is 4.90 Å². The minimum atomic E-state index is -3.63. The molecule has 0 radical (unpaired) electrons. The van der Waals surface area contributed by atoms with Crippen molar-refractivity contribution in [3.05, 3.63) is 36.0 Å². The molecule has 2 heterocycles. The number of sulfonamides is 1. The van der Waals surface area contributed by atoms with Gasteiger partial charge in [0.25, 0.3) is 10.0 Å². The molecule has 6 heteroatoms. The topological polar surface area (TPSA) is 59.5 Å². The average Bonchev–Trinajstić information content (AvgIpc) is 2.92. The summed E-state index contributed by atoms with van der Waals surface area (Å²) < 4.78 is 26.0. The molecule has 1 aliphatic rings. The zero-order valence-electron chi connectivity index (χ0n) is 10.5. The van der Waals surface area contributed by atoms with Gasteiger partial charge >= 0.3 is 0 Å². The lowest BCUT2D eigenvalue weighted by Crippen LogP contribution is -2.27. The van der Waals surface area contributed by atoms with Crippen molar-refractivity contribution in [1.82, 2.24) is 9.45 Å². The van der Waals surface area contributed by atoms with E-state index in [0.29, 0.717) is 18.7 Å². The van der Waals surface area contributed by atoms with Crippen LogP contribution in [-0.4, -0.2) is 31.0 Å². The first-order valence-corrected chi connectivity index (χ1v) is 7.54. The molecular formula is C13H14N2O3S. The number of hydrogen-bond acceptors (Lipinski definition) is 4. The average molecular weight is 278 g/mol. The molecule has 2 aromatic rings. The van der Waals surface area contributed by atoms with Crippen LogP contribution in [0.1, 0.15) is 12.0 Å². The van der Waals surface area contributed by atoms with Gasteiger partial charge in [0.1, 0.15) is 4.90 Å². The van der Waals surface area contributed by atoms with Crippen LogP contribution in [0.3, 0.4) is 0 Å². The number of rotatable bonds is 2. The zero-order valence-corrected chi connectivity index (χ0v) is 11.4. The summed E-state index contributed by atoms with van der Waals surface area (Å²) in [5.41, 5.74) is 1.49. The van der Waals surface area contributed by atoms with E-state index < -0.39 is 10.0 Å². The predicted molar refractivity (Wildman–Crippen MR) is 70.9 cm³/mol. The SMILES string of the molecule is Cc1cnc2c(S(=O)(=O)N3CCCO3)cccc2c1. The summed E-state index contributed by atoms with van der Waals surface area (Å²) in [5, 5.41) is 0.820. The Morgan fingerprint density at radius 3 is 2.95 bits per heavy atom. The van der Waals surface area contributed by atoms with Gasteiger partial charge in [-0.15, -0.1) is 0 Å². The van der Waals surface area contributed by atoms with Crippen molar-refractivity contribution in [3.63, 3.8) is 0 Å². The first-order valence-electron chi connectivity index (χ1n) is 6.10. The zero-order chi connectivity index (χ0) is 13.5. The Hall–Kier alpha value is -1.50. The van der Waals surface area contributed by atoms with E-state index >= 15 is 0 Å². The Bertz CT molecular complexity index is 722. The summed E-state index contributed by atoms with van der Waals surface area (Å²) in [5.74, 6) is 0. The monoisotopic (exact) mass is 278 g/mol. The Kier molecular flexibility index (Phi) is 3.00. The van der Waals surface area contributed by atoms with Crippen LogP contribution in [0.15, 0.2) is 35.4 Å². The quantitative estimate of drug-likeness (QED) is 0.841. The molecule has 0 bridgehead atoms. The van der Waals surface area contributed by atoms with E-state index in [1.807, 2.05) is 19.1 Å². The van der Waals surface area contributed by atoms with Crippen molar-refractivity contribution in [2.45, 2.75) is 18.2 Å². The van der Waals surface area contributed by atoms with Crippen LogP contribution in [-0.2, 0) is 14.9 Å². The molecule has 1 fully saturated rings. The summed E-state index contributed by atoms with van der Waals surface area (Å²) in [6.07, 6.45) is 2.39.